The fraction of sp³-hybridized carbons (Fsp3) is 0.357. The Balaban J connectivity index is 0.00000137. The molecule has 18 heavy (non-hydrogen) atoms. The second-order valence-electron chi connectivity index (χ2n) is 3.66. The van der Waals surface area contributed by atoms with Gasteiger partial charge in [-0.05, 0) is 37.1 Å². The molecule has 1 aromatic carbocycles. The molecule has 0 saturated heterocycles. The van der Waals surface area contributed by atoms with Gasteiger partial charge in [0.05, 0.1) is 5.69 Å². The van der Waals surface area contributed by atoms with Crippen molar-refractivity contribution in [1.29, 1.82) is 0 Å². The van der Waals surface area contributed by atoms with Crippen molar-refractivity contribution in [2.24, 2.45) is 0 Å². The lowest BCUT2D eigenvalue weighted by Gasteiger charge is -2.04. The fourth-order valence-electron chi connectivity index (χ4n) is 1.27. The maximum Gasteiger partial charge on any atom is 0.248 e. The molecule has 3 nitrogen and oxygen atoms in total. The van der Waals surface area contributed by atoms with Crippen molar-refractivity contribution in [3.8, 4) is 0 Å². The average molecular weight is 253 g/mol. The molecule has 4 heteroatoms. The van der Waals surface area contributed by atoms with Gasteiger partial charge in [0.15, 0.2) is 0 Å². The molecule has 0 aliphatic heterocycles. The van der Waals surface area contributed by atoms with Gasteiger partial charge in [0.2, 0.25) is 5.91 Å². The van der Waals surface area contributed by atoms with Crippen LogP contribution in [0, 0.1) is 12.7 Å². The number of halogens is 1. The highest BCUT2D eigenvalue weighted by Gasteiger charge is 2.04. The maximum atomic E-state index is 13.3. The molecule has 0 aliphatic rings. The van der Waals surface area contributed by atoms with Crippen LogP contribution in [-0.2, 0) is 4.79 Å². The van der Waals surface area contributed by atoms with Gasteiger partial charge < -0.3 is 10.4 Å². The summed E-state index contributed by atoms with van der Waals surface area (Å²) in [7, 11) is 1.00. The second kappa shape index (κ2) is 9.36. The van der Waals surface area contributed by atoms with Gasteiger partial charge in [0.1, 0.15) is 5.82 Å². The fourth-order valence-corrected chi connectivity index (χ4v) is 1.27. The zero-order chi connectivity index (χ0) is 14.0. The van der Waals surface area contributed by atoms with Crippen LogP contribution < -0.4 is 5.32 Å². The number of carbonyl (C=O) groups is 1. The molecule has 0 unspecified atom stereocenters. The van der Waals surface area contributed by atoms with Crippen LogP contribution >= 0.6 is 0 Å². The Labute approximate surface area is 107 Å². The van der Waals surface area contributed by atoms with Gasteiger partial charge in [-0.25, -0.2) is 4.39 Å². The highest BCUT2D eigenvalue weighted by molar-refractivity contribution is 5.99. The zero-order valence-corrected chi connectivity index (χ0v) is 11.0. The van der Waals surface area contributed by atoms with E-state index in [-0.39, 0.29) is 11.6 Å². The lowest BCUT2D eigenvalue weighted by atomic mass is 10.2. The minimum absolute atomic E-state index is 0.228. The smallest absolute Gasteiger partial charge is 0.248 e. The van der Waals surface area contributed by atoms with E-state index in [2.05, 4.69) is 5.32 Å². The van der Waals surface area contributed by atoms with Crippen molar-refractivity contribution in [3.63, 3.8) is 0 Å². The lowest BCUT2D eigenvalue weighted by Crippen LogP contribution is -2.09. The summed E-state index contributed by atoms with van der Waals surface area (Å²) in [5.41, 5.74) is 1.14. The van der Waals surface area contributed by atoms with Crippen LogP contribution in [0.1, 0.15) is 25.3 Å². The number of nitrogens with one attached hydrogen (secondary N) is 1. The van der Waals surface area contributed by atoms with E-state index in [0.717, 1.165) is 25.5 Å². The molecule has 0 saturated carbocycles. The minimum Gasteiger partial charge on any atom is -0.400 e. The first kappa shape index (κ1) is 16.3. The first-order valence-electron chi connectivity index (χ1n) is 5.82. The summed E-state index contributed by atoms with van der Waals surface area (Å²) >= 11 is 0. The Hall–Kier alpha value is -1.68. The summed E-state index contributed by atoms with van der Waals surface area (Å²) in [6.45, 7) is 3.88. The predicted molar refractivity (Wildman–Crippen MR) is 72.0 cm³/mol. The number of aryl methyl sites for hydroxylation is 1. The largest absolute Gasteiger partial charge is 0.400 e. The third-order valence-electron chi connectivity index (χ3n) is 2.10. The first-order valence-corrected chi connectivity index (χ1v) is 5.82. The Kier molecular flexibility index (Phi) is 8.49. The van der Waals surface area contributed by atoms with Gasteiger partial charge in [-0.3, -0.25) is 4.79 Å². The zero-order valence-electron chi connectivity index (χ0n) is 11.0. The van der Waals surface area contributed by atoms with Crippen LogP contribution in [0.3, 0.4) is 0 Å². The number of allylic oxidation sites excluding steroid dienone is 1. The lowest BCUT2D eigenvalue weighted by molar-refractivity contribution is -0.111. The predicted octanol–water partition coefficient (Wildman–Crippen LogP) is 3.04. The van der Waals surface area contributed by atoms with E-state index in [1.165, 1.54) is 12.1 Å². The van der Waals surface area contributed by atoms with E-state index in [9.17, 15) is 9.18 Å². The molecule has 0 atom stereocenters. The van der Waals surface area contributed by atoms with Gasteiger partial charge in [-0.2, -0.15) is 0 Å². The third-order valence-corrected chi connectivity index (χ3v) is 2.10. The van der Waals surface area contributed by atoms with Gasteiger partial charge in [-0.15, -0.1) is 0 Å². The SMILES string of the molecule is CCC/C=C/C(=O)Nc1cc(C)ccc1F.CO. The Morgan fingerprint density at radius 3 is 2.72 bits per heavy atom. The summed E-state index contributed by atoms with van der Waals surface area (Å²) in [6.07, 6.45) is 5.06. The molecule has 0 bridgehead atoms. The molecule has 0 aliphatic carbocycles. The van der Waals surface area contributed by atoms with Crippen LogP contribution in [-0.4, -0.2) is 18.1 Å². The van der Waals surface area contributed by atoms with Crippen LogP contribution in [0.15, 0.2) is 30.4 Å². The van der Waals surface area contributed by atoms with Crippen molar-refractivity contribution < 1.29 is 14.3 Å². The molecule has 0 heterocycles. The number of aliphatic hydroxyl groups excluding tert-OH is 1. The molecule has 0 aromatic heterocycles. The minimum atomic E-state index is -0.414. The van der Waals surface area contributed by atoms with E-state index in [4.69, 9.17) is 5.11 Å². The molecular formula is C14H20FNO2. The summed E-state index contributed by atoms with van der Waals surface area (Å²) in [4.78, 5) is 11.4. The molecule has 1 amide bonds. The molecule has 2 N–H and O–H groups in total. The molecule has 1 aromatic rings. The number of aliphatic hydroxyl groups is 1. The highest BCUT2D eigenvalue weighted by Crippen LogP contribution is 2.15. The van der Waals surface area contributed by atoms with Gasteiger partial charge in [0.25, 0.3) is 0 Å². The van der Waals surface area contributed by atoms with Crippen molar-refractivity contribution in [1.82, 2.24) is 0 Å². The van der Waals surface area contributed by atoms with Crippen LogP contribution in [0.5, 0.6) is 0 Å². The average Bonchev–Trinajstić information content (AvgIpc) is 2.37. The normalized spacial score (nSPS) is 9.83. The number of hydrogen-bond donors (Lipinski definition) is 2. The third kappa shape index (κ3) is 6.15. The van der Waals surface area contributed by atoms with E-state index >= 15 is 0 Å². The van der Waals surface area contributed by atoms with E-state index in [0.29, 0.717) is 0 Å². The number of amides is 1. The monoisotopic (exact) mass is 253 g/mol. The summed E-state index contributed by atoms with van der Waals surface area (Å²) < 4.78 is 13.3. The number of anilines is 1. The molecule has 0 fully saturated rings. The van der Waals surface area contributed by atoms with Crippen LogP contribution in [0.25, 0.3) is 0 Å². The molecule has 0 spiro atoms. The number of unbranched alkanes of at least 4 members (excludes halogenated alkanes) is 1. The van der Waals surface area contributed by atoms with Gasteiger partial charge >= 0.3 is 0 Å². The summed E-state index contributed by atoms with van der Waals surface area (Å²) in [6, 6.07) is 4.62. The van der Waals surface area contributed by atoms with Crippen molar-refractivity contribution in [2.75, 3.05) is 12.4 Å². The summed E-state index contributed by atoms with van der Waals surface area (Å²) in [5, 5.41) is 9.51. The second-order valence-corrected chi connectivity index (χ2v) is 3.66. The number of benzene rings is 1. The topological polar surface area (TPSA) is 49.3 Å². The van der Waals surface area contributed by atoms with E-state index in [1.54, 1.807) is 18.2 Å². The van der Waals surface area contributed by atoms with Crippen LogP contribution in [0.2, 0.25) is 0 Å². The number of carbonyl (C=O) groups excluding carboxylic acids is 1. The first-order chi connectivity index (χ1) is 8.63. The molecular weight excluding hydrogens is 233 g/mol. The number of rotatable bonds is 4. The van der Waals surface area contributed by atoms with E-state index in [1.807, 2.05) is 13.8 Å². The molecule has 1 rings (SSSR count). The summed E-state index contributed by atoms with van der Waals surface area (Å²) in [5.74, 6) is -0.708. The Morgan fingerprint density at radius 2 is 2.11 bits per heavy atom. The van der Waals surface area contributed by atoms with Crippen molar-refractivity contribution in [2.45, 2.75) is 26.7 Å². The number of hydrogen-bond acceptors (Lipinski definition) is 2. The van der Waals surface area contributed by atoms with Crippen molar-refractivity contribution >= 4 is 11.6 Å². The molecule has 100 valence electrons. The van der Waals surface area contributed by atoms with Gasteiger partial charge in [0, 0.05) is 7.11 Å². The Bertz CT molecular complexity index is 403. The van der Waals surface area contributed by atoms with Gasteiger partial charge in [-0.1, -0.05) is 25.5 Å². The quantitative estimate of drug-likeness (QED) is 0.810. The van der Waals surface area contributed by atoms with E-state index < -0.39 is 5.82 Å². The molecule has 0 radical (unpaired) electrons. The Morgan fingerprint density at radius 1 is 1.44 bits per heavy atom. The highest BCUT2D eigenvalue weighted by atomic mass is 19.1. The van der Waals surface area contributed by atoms with Crippen molar-refractivity contribution in [3.05, 3.63) is 41.7 Å². The standard InChI is InChI=1S/C13H16FNO.CH4O/c1-3-4-5-6-13(16)15-12-9-10(2)7-8-11(12)14;1-2/h5-9H,3-4H2,1-2H3,(H,15,16);2H,1H3/b6-5+;. The van der Waals surface area contributed by atoms with Crippen LogP contribution in [0.4, 0.5) is 10.1 Å². The maximum absolute atomic E-state index is 13.3.